The van der Waals surface area contributed by atoms with Crippen molar-refractivity contribution in [1.29, 1.82) is 0 Å². The fourth-order valence-corrected chi connectivity index (χ4v) is 9.47. The molecule has 0 aromatic heterocycles. The predicted molar refractivity (Wildman–Crippen MR) is 334 cm³/mol. The summed E-state index contributed by atoms with van der Waals surface area (Å²) in [6.07, 6.45) is 94.1. The summed E-state index contributed by atoms with van der Waals surface area (Å²) in [5, 5.41) is 9.69. The molecule has 0 heterocycles. The Hall–Kier alpha value is -3.18. The van der Waals surface area contributed by atoms with Crippen LogP contribution >= 0.6 is 0 Å². The van der Waals surface area contributed by atoms with Gasteiger partial charge in [-0.05, 0) is 96.3 Å². The van der Waals surface area contributed by atoms with E-state index in [4.69, 9.17) is 9.47 Å². The van der Waals surface area contributed by atoms with Crippen LogP contribution in [0.3, 0.4) is 0 Å². The lowest BCUT2D eigenvalue weighted by Crippen LogP contribution is -2.28. The predicted octanol–water partition coefficient (Wildman–Crippen LogP) is 22.6. The minimum Gasteiger partial charge on any atom is -0.462 e. The summed E-state index contributed by atoms with van der Waals surface area (Å²) in [5.74, 6) is -0.585. The van der Waals surface area contributed by atoms with E-state index in [1.54, 1.807) is 0 Å². The smallest absolute Gasteiger partial charge is 0.306 e. The van der Waals surface area contributed by atoms with E-state index >= 15 is 0 Å². The van der Waals surface area contributed by atoms with Gasteiger partial charge in [-0.3, -0.25) is 9.59 Å². The van der Waals surface area contributed by atoms with Crippen molar-refractivity contribution in [3.63, 3.8) is 0 Å². The Labute approximate surface area is 472 Å². The van der Waals surface area contributed by atoms with Crippen molar-refractivity contribution < 1.29 is 24.2 Å². The molecule has 0 aromatic rings. The Morgan fingerprint density at radius 2 is 0.566 bits per heavy atom. The maximum Gasteiger partial charge on any atom is 0.306 e. The Bertz CT molecular complexity index is 1430. The van der Waals surface area contributed by atoms with Gasteiger partial charge in [-0.15, -0.1) is 0 Å². The van der Waals surface area contributed by atoms with Crippen molar-refractivity contribution in [1.82, 2.24) is 0 Å². The maximum absolute atomic E-state index is 12.4. The fourth-order valence-electron chi connectivity index (χ4n) is 9.47. The highest BCUT2D eigenvalue weighted by atomic mass is 16.6. The van der Waals surface area contributed by atoms with E-state index in [9.17, 15) is 14.7 Å². The van der Waals surface area contributed by atoms with E-state index in [1.807, 2.05) is 0 Å². The second kappa shape index (κ2) is 66.1. The van der Waals surface area contributed by atoms with E-state index in [2.05, 4.69) is 111 Å². The molecule has 0 aliphatic heterocycles. The number of aliphatic hydroxyl groups is 1. The Balaban J connectivity index is 3.48. The number of rotatable bonds is 60. The number of unbranched alkanes of at least 4 members (excludes halogenated alkanes) is 36. The van der Waals surface area contributed by atoms with Crippen molar-refractivity contribution in [2.24, 2.45) is 0 Å². The van der Waals surface area contributed by atoms with Gasteiger partial charge in [-0.25, -0.2) is 0 Å². The highest BCUT2D eigenvalue weighted by Crippen LogP contribution is 2.17. The number of carbonyl (C=O) groups is 2. The van der Waals surface area contributed by atoms with Crippen LogP contribution in [0.2, 0.25) is 0 Å². The fraction of sp³-hybridized carbons (Fsp3) is 0.746. The van der Waals surface area contributed by atoms with Gasteiger partial charge in [0.25, 0.3) is 0 Å². The van der Waals surface area contributed by atoms with Crippen molar-refractivity contribution in [3.05, 3.63) is 97.2 Å². The number of hydrogen-bond acceptors (Lipinski definition) is 5. The zero-order valence-corrected chi connectivity index (χ0v) is 50.3. The van der Waals surface area contributed by atoms with Crippen LogP contribution in [0.25, 0.3) is 0 Å². The SMILES string of the molecule is CC/C=C\C/C=C\C/C=C\C/C=C\C/C=C\C/C=C\C/C=C\CCCCCCCCCCCCCC(=O)OC(CO)COC(=O)CCCCCCCCCCCCCCCCCCC/C=C\CCCCCCCCCC. The molecule has 0 saturated carbocycles. The lowest BCUT2D eigenvalue weighted by molar-refractivity contribution is -0.161. The lowest BCUT2D eigenvalue weighted by atomic mass is 10.0. The molecule has 0 radical (unpaired) electrons. The third kappa shape index (κ3) is 63.4. The van der Waals surface area contributed by atoms with Crippen LogP contribution < -0.4 is 0 Å². The normalized spacial score (nSPS) is 12.8. The largest absolute Gasteiger partial charge is 0.462 e. The maximum atomic E-state index is 12.4. The van der Waals surface area contributed by atoms with Gasteiger partial charge in [0.05, 0.1) is 6.61 Å². The Kier molecular flexibility index (Phi) is 63.3. The van der Waals surface area contributed by atoms with Gasteiger partial charge in [-0.2, -0.15) is 0 Å². The average molecular weight is 1060 g/mol. The highest BCUT2D eigenvalue weighted by molar-refractivity contribution is 5.70. The lowest BCUT2D eigenvalue weighted by Gasteiger charge is -2.15. The third-order valence-electron chi connectivity index (χ3n) is 14.4. The van der Waals surface area contributed by atoms with Crippen molar-refractivity contribution in [2.75, 3.05) is 13.2 Å². The molecule has 0 fully saturated rings. The first-order chi connectivity index (χ1) is 37.6. The van der Waals surface area contributed by atoms with Crippen LogP contribution in [0, 0.1) is 0 Å². The first-order valence-electron chi connectivity index (χ1n) is 32.8. The summed E-state index contributed by atoms with van der Waals surface area (Å²) in [4.78, 5) is 24.6. The molecule has 5 nitrogen and oxygen atoms in total. The topological polar surface area (TPSA) is 72.8 Å². The summed E-state index contributed by atoms with van der Waals surface area (Å²) in [5.41, 5.74) is 0. The summed E-state index contributed by atoms with van der Waals surface area (Å²) >= 11 is 0. The van der Waals surface area contributed by atoms with Gasteiger partial charge < -0.3 is 14.6 Å². The average Bonchev–Trinajstić information content (AvgIpc) is 3.42. The van der Waals surface area contributed by atoms with E-state index in [0.717, 1.165) is 83.5 Å². The van der Waals surface area contributed by atoms with E-state index in [1.165, 1.54) is 212 Å². The molecule has 0 spiro atoms. The number of hydrogen-bond donors (Lipinski definition) is 1. The molecule has 438 valence electrons. The Morgan fingerprint density at radius 3 is 0.868 bits per heavy atom. The van der Waals surface area contributed by atoms with Gasteiger partial charge in [0, 0.05) is 12.8 Å². The number of aliphatic hydroxyl groups excluding tert-OH is 1. The van der Waals surface area contributed by atoms with Crippen LogP contribution in [0.4, 0.5) is 0 Å². The summed E-state index contributed by atoms with van der Waals surface area (Å²) < 4.78 is 10.7. The summed E-state index contributed by atoms with van der Waals surface area (Å²) in [6, 6.07) is 0. The molecule has 0 amide bonds. The monoisotopic (exact) mass is 1060 g/mol. The molecule has 0 aromatic carbocycles. The van der Waals surface area contributed by atoms with E-state index in [-0.39, 0.29) is 25.2 Å². The number of ether oxygens (including phenoxy) is 2. The van der Waals surface area contributed by atoms with E-state index < -0.39 is 6.10 Å². The number of carbonyl (C=O) groups excluding carboxylic acids is 2. The molecule has 5 heteroatoms. The van der Waals surface area contributed by atoms with E-state index in [0.29, 0.717) is 12.8 Å². The van der Waals surface area contributed by atoms with Crippen molar-refractivity contribution >= 4 is 11.9 Å². The summed E-state index contributed by atoms with van der Waals surface area (Å²) in [7, 11) is 0. The molecule has 1 atom stereocenters. The second-order valence-electron chi connectivity index (χ2n) is 21.8. The molecule has 0 saturated heterocycles. The summed E-state index contributed by atoms with van der Waals surface area (Å²) in [6.45, 7) is 4.06. The first-order valence-corrected chi connectivity index (χ1v) is 32.8. The molecule has 76 heavy (non-hydrogen) atoms. The minimum atomic E-state index is -0.779. The minimum absolute atomic E-state index is 0.0679. The van der Waals surface area contributed by atoms with Crippen LogP contribution in [-0.2, 0) is 19.1 Å². The molecule has 0 aliphatic carbocycles. The van der Waals surface area contributed by atoms with Crippen molar-refractivity contribution in [2.45, 2.75) is 328 Å². The second-order valence-corrected chi connectivity index (χ2v) is 21.8. The first kappa shape index (κ1) is 72.8. The van der Waals surface area contributed by atoms with Crippen LogP contribution in [0.15, 0.2) is 97.2 Å². The molecular formula is C71H124O5. The van der Waals surface area contributed by atoms with Gasteiger partial charge in [-0.1, -0.05) is 310 Å². The zero-order chi connectivity index (χ0) is 54.8. The van der Waals surface area contributed by atoms with Gasteiger partial charge in [0.15, 0.2) is 6.10 Å². The highest BCUT2D eigenvalue weighted by Gasteiger charge is 2.16. The van der Waals surface area contributed by atoms with Crippen LogP contribution in [0.1, 0.15) is 322 Å². The number of allylic oxidation sites excluding steroid dienone is 16. The third-order valence-corrected chi connectivity index (χ3v) is 14.4. The molecule has 1 N–H and O–H groups in total. The molecule has 0 aliphatic rings. The van der Waals surface area contributed by atoms with Gasteiger partial charge >= 0.3 is 11.9 Å². The molecular weight excluding hydrogens is 933 g/mol. The van der Waals surface area contributed by atoms with Crippen molar-refractivity contribution in [3.8, 4) is 0 Å². The standard InChI is InChI=1S/C71H124O5/c1-3-5-7-9-11-13-15-17-19-21-23-25-27-29-31-33-34-35-36-38-40-42-44-46-48-50-52-54-56-58-60-62-64-66-71(74)76-69(67-72)68-75-70(73)65-63-61-59-57-55-53-51-49-47-45-43-41-39-37-32-30-28-26-24-22-20-18-16-14-12-10-8-6-4-2/h5,7,11,13,17,19,22-25,29,31,34-35,38,40,69,72H,3-4,6,8-10,12,14-16,18,20-21,26-28,30,32-33,36-37,39,41-68H2,1-2H3/b7-5-,13-11-,19-17-,24-22-,25-23-,31-29-,35-34-,40-38-. The molecule has 0 rings (SSSR count). The molecule has 1 unspecified atom stereocenters. The van der Waals surface area contributed by atoms with Gasteiger partial charge in [0.1, 0.15) is 6.61 Å². The number of esters is 2. The quantitative estimate of drug-likeness (QED) is 0.0373. The zero-order valence-electron chi connectivity index (χ0n) is 50.3. The van der Waals surface area contributed by atoms with Gasteiger partial charge in [0.2, 0.25) is 0 Å². The Morgan fingerprint density at radius 1 is 0.316 bits per heavy atom. The molecule has 0 bridgehead atoms. The van der Waals surface area contributed by atoms with Crippen LogP contribution in [0.5, 0.6) is 0 Å². The van der Waals surface area contributed by atoms with Crippen LogP contribution in [-0.4, -0.2) is 36.4 Å².